The second kappa shape index (κ2) is 7.46. The molecule has 0 aliphatic carbocycles. The first-order chi connectivity index (χ1) is 10.6. The molecule has 0 unspecified atom stereocenters. The predicted molar refractivity (Wildman–Crippen MR) is 86.1 cm³/mol. The van der Waals surface area contributed by atoms with Crippen molar-refractivity contribution in [1.29, 1.82) is 5.26 Å². The van der Waals surface area contributed by atoms with Crippen LogP contribution in [0.1, 0.15) is 29.7 Å². The zero-order valence-corrected chi connectivity index (χ0v) is 13.0. The lowest BCUT2D eigenvalue weighted by Gasteiger charge is -2.11. The molecule has 1 heterocycles. The third-order valence-electron chi connectivity index (χ3n) is 3.64. The molecule has 0 saturated carbocycles. The Bertz CT molecular complexity index is 741. The smallest absolute Gasteiger partial charge is 0.268 e. The summed E-state index contributed by atoms with van der Waals surface area (Å²) < 4.78 is 7.40. The molecule has 0 radical (unpaired) electrons. The summed E-state index contributed by atoms with van der Waals surface area (Å²) >= 11 is 0. The molecule has 1 aromatic carbocycles. The highest BCUT2D eigenvalue weighted by atomic mass is 16.5. The van der Waals surface area contributed by atoms with Gasteiger partial charge in [0.05, 0.1) is 6.61 Å². The summed E-state index contributed by atoms with van der Waals surface area (Å²) in [5, 5.41) is 8.91. The van der Waals surface area contributed by atoms with Crippen molar-refractivity contribution in [2.24, 2.45) is 0 Å². The third kappa shape index (κ3) is 3.76. The molecule has 114 valence electrons. The Morgan fingerprint density at radius 3 is 2.64 bits per heavy atom. The van der Waals surface area contributed by atoms with E-state index in [4.69, 9.17) is 10.00 Å². The van der Waals surface area contributed by atoms with Crippen molar-refractivity contribution in [2.45, 2.75) is 33.2 Å². The molecule has 4 nitrogen and oxygen atoms in total. The highest BCUT2D eigenvalue weighted by Crippen LogP contribution is 2.16. The SMILES string of the molecule is Cc1ccccc1OCCCCn1c(C)ccc(C#N)c1=O. The molecule has 0 atom stereocenters. The molecule has 1 aromatic heterocycles. The van der Waals surface area contributed by atoms with Gasteiger partial charge in [0.15, 0.2) is 0 Å². The van der Waals surface area contributed by atoms with Crippen molar-refractivity contribution in [3.63, 3.8) is 0 Å². The van der Waals surface area contributed by atoms with E-state index in [2.05, 4.69) is 0 Å². The summed E-state index contributed by atoms with van der Waals surface area (Å²) in [6.07, 6.45) is 1.69. The summed E-state index contributed by atoms with van der Waals surface area (Å²) in [6.45, 7) is 5.13. The van der Waals surface area contributed by atoms with Crippen molar-refractivity contribution in [3.8, 4) is 11.8 Å². The lowest BCUT2D eigenvalue weighted by molar-refractivity contribution is 0.300. The van der Waals surface area contributed by atoms with Gasteiger partial charge in [0.25, 0.3) is 5.56 Å². The van der Waals surface area contributed by atoms with Gasteiger partial charge in [0, 0.05) is 12.2 Å². The Kier molecular flexibility index (Phi) is 5.37. The van der Waals surface area contributed by atoms with Gasteiger partial charge in [-0.3, -0.25) is 4.79 Å². The summed E-state index contributed by atoms with van der Waals surface area (Å²) in [4.78, 5) is 12.1. The van der Waals surface area contributed by atoms with Crippen LogP contribution in [-0.2, 0) is 6.54 Å². The average molecular weight is 296 g/mol. The van der Waals surface area contributed by atoms with Gasteiger partial charge < -0.3 is 9.30 Å². The minimum absolute atomic E-state index is 0.196. The minimum atomic E-state index is -0.206. The van der Waals surface area contributed by atoms with Gasteiger partial charge in [-0.1, -0.05) is 18.2 Å². The highest BCUT2D eigenvalue weighted by Gasteiger charge is 2.05. The summed E-state index contributed by atoms with van der Waals surface area (Å²) in [5.74, 6) is 0.905. The number of pyridine rings is 1. The molecule has 0 N–H and O–H groups in total. The average Bonchev–Trinajstić information content (AvgIpc) is 2.51. The van der Waals surface area contributed by atoms with E-state index in [0.29, 0.717) is 13.2 Å². The van der Waals surface area contributed by atoms with Gasteiger partial charge in [-0.15, -0.1) is 0 Å². The van der Waals surface area contributed by atoms with Crippen LogP contribution in [0.25, 0.3) is 0 Å². The molecule has 2 aromatic rings. The van der Waals surface area contributed by atoms with Gasteiger partial charge in [0.1, 0.15) is 17.4 Å². The quantitative estimate of drug-likeness (QED) is 0.769. The van der Waals surface area contributed by atoms with Crippen LogP contribution in [-0.4, -0.2) is 11.2 Å². The summed E-state index contributed by atoms with van der Waals surface area (Å²) in [6, 6.07) is 13.2. The summed E-state index contributed by atoms with van der Waals surface area (Å²) in [7, 11) is 0. The van der Waals surface area contributed by atoms with Crippen molar-refractivity contribution in [3.05, 3.63) is 63.6 Å². The molecule has 0 spiro atoms. The van der Waals surface area contributed by atoms with Crippen LogP contribution < -0.4 is 10.3 Å². The van der Waals surface area contributed by atoms with Crippen LogP contribution in [0.2, 0.25) is 0 Å². The van der Waals surface area contributed by atoms with Crippen LogP contribution in [0.5, 0.6) is 5.75 Å². The maximum absolute atomic E-state index is 12.1. The van der Waals surface area contributed by atoms with Crippen LogP contribution >= 0.6 is 0 Å². The number of nitriles is 1. The van der Waals surface area contributed by atoms with Crippen LogP contribution in [0.4, 0.5) is 0 Å². The topological polar surface area (TPSA) is 55.0 Å². The van der Waals surface area contributed by atoms with Crippen LogP contribution in [0.3, 0.4) is 0 Å². The van der Waals surface area contributed by atoms with Gasteiger partial charge in [-0.05, 0) is 50.5 Å². The monoisotopic (exact) mass is 296 g/mol. The largest absolute Gasteiger partial charge is 0.493 e. The molecule has 2 rings (SSSR count). The van der Waals surface area contributed by atoms with Gasteiger partial charge in [-0.25, -0.2) is 0 Å². The maximum atomic E-state index is 12.1. The molecule has 0 aliphatic rings. The second-order valence-electron chi connectivity index (χ2n) is 5.28. The number of hydrogen-bond donors (Lipinski definition) is 0. The Hall–Kier alpha value is -2.54. The minimum Gasteiger partial charge on any atom is -0.493 e. The Morgan fingerprint density at radius 2 is 1.91 bits per heavy atom. The van der Waals surface area contributed by atoms with E-state index in [9.17, 15) is 4.79 Å². The molecular weight excluding hydrogens is 276 g/mol. The number of benzene rings is 1. The molecule has 4 heteroatoms. The number of unbranched alkanes of at least 4 members (excludes halogenated alkanes) is 1. The maximum Gasteiger partial charge on any atom is 0.268 e. The molecular formula is C18H20N2O2. The number of ether oxygens (including phenoxy) is 1. The molecule has 0 bridgehead atoms. The Morgan fingerprint density at radius 1 is 1.14 bits per heavy atom. The van der Waals surface area contributed by atoms with E-state index in [0.717, 1.165) is 29.8 Å². The normalized spacial score (nSPS) is 10.2. The fraction of sp³-hybridized carbons (Fsp3) is 0.333. The van der Waals surface area contributed by atoms with Crippen molar-refractivity contribution < 1.29 is 4.74 Å². The first kappa shape index (κ1) is 15.8. The number of rotatable bonds is 6. The molecule has 0 saturated heterocycles. The molecule has 0 amide bonds. The zero-order valence-electron chi connectivity index (χ0n) is 13.0. The van der Waals surface area contributed by atoms with Gasteiger partial charge >= 0.3 is 0 Å². The predicted octanol–water partition coefficient (Wildman–Crippen LogP) is 3.20. The first-order valence-electron chi connectivity index (χ1n) is 7.42. The number of aromatic nitrogens is 1. The number of para-hydroxylation sites is 1. The van der Waals surface area contributed by atoms with Crippen molar-refractivity contribution in [1.82, 2.24) is 4.57 Å². The van der Waals surface area contributed by atoms with E-state index < -0.39 is 0 Å². The van der Waals surface area contributed by atoms with Crippen LogP contribution in [0.15, 0.2) is 41.2 Å². The first-order valence-corrected chi connectivity index (χ1v) is 7.42. The number of aryl methyl sites for hydroxylation is 2. The highest BCUT2D eigenvalue weighted by molar-refractivity contribution is 5.31. The fourth-order valence-electron chi connectivity index (χ4n) is 2.31. The zero-order chi connectivity index (χ0) is 15.9. The lowest BCUT2D eigenvalue weighted by Crippen LogP contribution is -2.24. The Balaban J connectivity index is 1.86. The fourth-order valence-corrected chi connectivity index (χ4v) is 2.31. The summed E-state index contributed by atoms with van der Waals surface area (Å²) in [5.41, 5.74) is 1.99. The molecule has 0 aliphatic heterocycles. The van der Waals surface area contributed by atoms with E-state index in [1.807, 2.05) is 50.2 Å². The molecule has 22 heavy (non-hydrogen) atoms. The van der Waals surface area contributed by atoms with Gasteiger partial charge in [0.2, 0.25) is 0 Å². The van der Waals surface area contributed by atoms with E-state index in [1.165, 1.54) is 0 Å². The Labute approximate surface area is 130 Å². The van der Waals surface area contributed by atoms with E-state index in [-0.39, 0.29) is 11.1 Å². The van der Waals surface area contributed by atoms with E-state index in [1.54, 1.807) is 10.6 Å². The van der Waals surface area contributed by atoms with E-state index >= 15 is 0 Å². The van der Waals surface area contributed by atoms with Crippen molar-refractivity contribution in [2.75, 3.05) is 6.61 Å². The van der Waals surface area contributed by atoms with Gasteiger partial charge in [-0.2, -0.15) is 5.26 Å². The number of hydrogen-bond acceptors (Lipinski definition) is 3. The second-order valence-corrected chi connectivity index (χ2v) is 5.28. The van der Waals surface area contributed by atoms with Crippen molar-refractivity contribution >= 4 is 0 Å². The standard InChI is InChI=1S/C18H20N2O2/c1-14-7-3-4-8-17(14)22-12-6-5-11-20-15(2)9-10-16(13-19)18(20)21/h3-4,7-10H,5-6,11-12H2,1-2H3. The molecule has 0 fully saturated rings. The van der Waals surface area contributed by atoms with Crippen LogP contribution in [0, 0.1) is 25.2 Å². The lowest BCUT2D eigenvalue weighted by atomic mass is 10.2. The third-order valence-corrected chi connectivity index (χ3v) is 3.64. The number of nitrogens with zero attached hydrogens (tertiary/aromatic N) is 2.